The van der Waals surface area contributed by atoms with Crippen LogP contribution in [0.1, 0.15) is 36.5 Å². The first-order valence-corrected chi connectivity index (χ1v) is 12.0. The molecule has 1 aromatic heterocycles. The van der Waals surface area contributed by atoms with E-state index in [4.69, 9.17) is 9.47 Å². The molecule has 4 rings (SSSR count). The Labute approximate surface area is 223 Å². The largest absolute Gasteiger partial charge is 0.466 e. The van der Waals surface area contributed by atoms with Crippen LogP contribution in [0.2, 0.25) is 0 Å². The summed E-state index contributed by atoms with van der Waals surface area (Å²) in [6, 6.07) is 9.51. The number of ether oxygens (including phenoxy) is 2. The van der Waals surface area contributed by atoms with E-state index in [1.807, 2.05) is 35.0 Å². The van der Waals surface area contributed by atoms with E-state index >= 15 is 0 Å². The minimum atomic E-state index is -1.71. The fourth-order valence-corrected chi connectivity index (χ4v) is 4.43. The average Bonchev–Trinajstić information content (AvgIpc) is 3.43. The number of halogens is 3. The summed E-state index contributed by atoms with van der Waals surface area (Å²) in [5.74, 6) is -7.71. The number of allylic oxidation sites excluding steroid dienone is 2. The van der Waals surface area contributed by atoms with Gasteiger partial charge < -0.3 is 19.4 Å². The second-order valence-electron chi connectivity index (χ2n) is 8.87. The number of rotatable bonds is 8. The predicted molar refractivity (Wildman–Crippen MR) is 137 cm³/mol. The Kier molecular flexibility index (Phi) is 8.33. The Morgan fingerprint density at radius 3 is 2.33 bits per heavy atom. The maximum absolute atomic E-state index is 14.9. The van der Waals surface area contributed by atoms with Crippen molar-refractivity contribution in [3.8, 4) is 0 Å². The molecule has 39 heavy (non-hydrogen) atoms. The van der Waals surface area contributed by atoms with Crippen LogP contribution in [0.15, 0.2) is 83.7 Å². The molecule has 1 atom stereocenters. The van der Waals surface area contributed by atoms with Crippen molar-refractivity contribution in [2.75, 3.05) is 13.7 Å². The van der Waals surface area contributed by atoms with Gasteiger partial charge in [0, 0.05) is 35.9 Å². The van der Waals surface area contributed by atoms with Crippen LogP contribution in [-0.4, -0.2) is 35.2 Å². The zero-order valence-electron chi connectivity index (χ0n) is 21.5. The molecule has 2 heterocycles. The van der Waals surface area contributed by atoms with Gasteiger partial charge in [0.25, 0.3) is 0 Å². The molecule has 10 heteroatoms. The summed E-state index contributed by atoms with van der Waals surface area (Å²) in [5, 5.41) is 2.90. The predicted octanol–water partition coefficient (Wildman–Crippen LogP) is 5.01. The standard InChI is InChI=1S/C29H26F3N3O4/c1-17-23(28(36)38-3)25(21-10-11-22(30)27(32)26(21)31)24(18(2)34-17)29(37)39-14-4-5-19-6-8-20(9-7-19)15-35-13-12-33-16-35/h4-13,16,25,34H,14-15H2,1-3H3. The lowest BCUT2D eigenvalue weighted by atomic mass is 9.80. The number of methoxy groups -OCH3 is 1. The second-order valence-corrected chi connectivity index (χ2v) is 8.87. The number of carbonyl (C=O) groups excluding carboxylic acids is 2. The van der Waals surface area contributed by atoms with E-state index in [2.05, 4.69) is 10.3 Å². The van der Waals surface area contributed by atoms with Crippen molar-refractivity contribution in [2.24, 2.45) is 0 Å². The zero-order chi connectivity index (χ0) is 28.1. The summed E-state index contributed by atoms with van der Waals surface area (Å²) in [6.45, 7) is 3.63. The molecule has 0 saturated heterocycles. The normalized spacial score (nSPS) is 15.5. The summed E-state index contributed by atoms with van der Waals surface area (Å²) in [4.78, 5) is 29.8. The number of imidazole rings is 1. The highest BCUT2D eigenvalue weighted by atomic mass is 19.2. The molecule has 202 valence electrons. The Morgan fingerprint density at radius 1 is 1.00 bits per heavy atom. The van der Waals surface area contributed by atoms with E-state index in [-0.39, 0.29) is 29.1 Å². The van der Waals surface area contributed by atoms with Crippen molar-refractivity contribution in [3.63, 3.8) is 0 Å². The van der Waals surface area contributed by atoms with E-state index in [9.17, 15) is 22.8 Å². The van der Waals surface area contributed by atoms with Crippen molar-refractivity contribution in [2.45, 2.75) is 26.3 Å². The summed E-state index contributed by atoms with van der Waals surface area (Å²) in [5.41, 5.74) is 1.88. The van der Waals surface area contributed by atoms with E-state index in [1.165, 1.54) is 6.92 Å². The van der Waals surface area contributed by atoms with Gasteiger partial charge >= 0.3 is 11.9 Å². The third-order valence-electron chi connectivity index (χ3n) is 6.29. The van der Waals surface area contributed by atoms with Crippen LogP contribution in [0, 0.1) is 17.5 Å². The topological polar surface area (TPSA) is 82.5 Å². The molecule has 1 aliphatic heterocycles. The molecule has 7 nitrogen and oxygen atoms in total. The van der Waals surface area contributed by atoms with Gasteiger partial charge in [-0.05, 0) is 37.1 Å². The van der Waals surface area contributed by atoms with Gasteiger partial charge in [-0.2, -0.15) is 0 Å². The maximum Gasteiger partial charge on any atom is 0.337 e. The van der Waals surface area contributed by atoms with Crippen molar-refractivity contribution >= 4 is 18.0 Å². The molecule has 0 bridgehead atoms. The van der Waals surface area contributed by atoms with Crippen molar-refractivity contribution < 1.29 is 32.2 Å². The molecule has 0 saturated carbocycles. The molecule has 1 aliphatic rings. The van der Waals surface area contributed by atoms with Crippen LogP contribution in [-0.2, 0) is 25.6 Å². The lowest BCUT2D eigenvalue weighted by Crippen LogP contribution is -2.33. The molecular weight excluding hydrogens is 511 g/mol. The van der Waals surface area contributed by atoms with Crippen LogP contribution in [0.4, 0.5) is 13.2 Å². The third kappa shape index (κ3) is 5.95. The number of nitrogens with zero attached hydrogens (tertiary/aromatic N) is 2. The fourth-order valence-electron chi connectivity index (χ4n) is 4.43. The summed E-state index contributed by atoms with van der Waals surface area (Å²) < 4.78 is 54.9. The Morgan fingerprint density at radius 2 is 1.69 bits per heavy atom. The van der Waals surface area contributed by atoms with Crippen LogP contribution >= 0.6 is 0 Å². The number of benzene rings is 2. The number of carbonyl (C=O) groups is 2. The number of hydrogen-bond donors (Lipinski definition) is 1. The number of dihydropyridines is 1. The molecular formula is C29H26F3N3O4. The average molecular weight is 538 g/mol. The maximum atomic E-state index is 14.9. The summed E-state index contributed by atoms with van der Waals surface area (Å²) in [7, 11) is 1.12. The Balaban J connectivity index is 1.53. The molecule has 0 aliphatic carbocycles. The highest BCUT2D eigenvalue weighted by molar-refractivity contribution is 5.99. The van der Waals surface area contributed by atoms with E-state index in [1.54, 1.807) is 31.6 Å². The van der Waals surface area contributed by atoms with Gasteiger partial charge in [-0.3, -0.25) is 0 Å². The van der Waals surface area contributed by atoms with Gasteiger partial charge in [0.05, 0.1) is 30.5 Å². The highest BCUT2D eigenvalue weighted by Crippen LogP contribution is 2.40. The fraction of sp³-hybridized carbons (Fsp3) is 0.207. The molecule has 2 aromatic carbocycles. The Hall–Kier alpha value is -4.60. The van der Waals surface area contributed by atoms with Gasteiger partial charge in [-0.1, -0.05) is 36.4 Å². The first-order valence-electron chi connectivity index (χ1n) is 12.0. The number of nitrogens with one attached hydrogen (secondary N) is 1. The Bertz CT molecular complexity index is 1480. The van der Waals surface area contributed by atoms with E-state index in [0.717, 1.165) is 30.4 Å². The smallest absolute Gasteiger partial charge is 0.337 e. The van der Waals surface area contributed by atoms with Crippen molar-refractivity contribution in [1.82, 2.24) is 14.9 Å². The first-order chi connectivity index (χ1) is 18.7. The minimum absolute atomic E-state index is 0.119. The van der Waals surface area contributed by atoms with Crippen LogP contribution < -0.4 is 5.32 Å². The van der Waals surface area contributed by atoms with Gasteiger partial charge in [-0.25, -0.2) is 27.7 Å². The van der Waals surface area contributed by atoms with Crippen LogP contribution in [0.25, 0.3) is 6.08 Å². The molecule has 0 radical (unpaired) electrons. The van der Waals surface area contributed by atoms with Crippen LogP contribution in [0.5, 0.6) is 0 Å². The van der Waals surface area contributed by atoms with Gasteiger partial charge in [0.2, 0.25) is 0 Å². The van der Waals surface area contributed by atoms with Gasteiger partial charge in [0.15, 0.2) is 17.5 Å². The van der Waals surface area contributed by atoms with Crippen molar-refractivity contribution in [3.05, 3.63) is 118 Å². The van der Waals surface area contributed by atoms with Gasteiger partial charge in [0.1, 0.15) is 6.61 Å². The summed E-state index contributed by atoms with van der Waals surface area (Å²) in [6.07, 6.45) is 8.72. The molecule has 0 spiro atoms. The SMILES string of the molecule is COC(=O)C1=C(C)NC(C)=C(C(=O)OCC=Cc2ccc(Cn3ccnc3)cc2)C1c1ccc(F)c(F)c1F. The highest BCUT2D eigenvalue weighted by Gasteiger charge is 2.39. The van der Waals surface area contributed by atoms with Crippen LogP contribution in [0.3, 0.4) is 0 Å². The monoisotopic (exact) mass is 537 g/mol. The molecule has 0 amide bonds. The van der Waals surface area contributed by atoms with E-state index in [0.29, 0.717) is 6.54 Å². The molecule has 0 fully saturated rings. The number of esters is 2. The lowest BCUT2D eigenvalue weighted by Gasteiger charge is -2.30. The quantitative estimate of drug-likeness (QED) is 0.321. The molecule has 1 unspecified atom stereocenters. The first kappa shape index (κ1) is 27.4. The number of hydrogen-bond acceptors (Lipinski definition) is 6. The minimum Gasteiger partial charge on any atom is -0.466 e. The second kappa shape index (κ2) is 11.8. The molecule has 3 aromatic rings. The lowest BCUT2D eigenvalue weighted by molar-refractivity contribution is -0.138. The summed E-state index contributed by atoms with van der Waals surface area (Å²) >= 11 is 0. The molecule has 1 N–H and O–H groups in total. The number of aromatic nitrogens is 2. The van der Waals surface area contributed by atoms with Crippen molar-refractivity contribution in [1.29, 1.82) is 0 Å². The zero-order valence-corrected chi connectivity index (χ0v) is 21.5. The van der Waals surface area contributed by atoms with Gasteiger partial charge in [-0.15, -0.1) is 0 Å². The third-order valence-corrected chi connectivity index (χ3v) is 6.29. The van der Waals surface area contributed by atoms with E-state index < -0.39 is 40.9 Å².